The minimum Gasteiger partial charge on any atom is -0.482 e. The molecule has 1 aromatic heterocycles. The van der Waals surface area contributed by atoms with Crippen LogP contribution in [0.2, 0.25) is 0 Å². The highest BCUT2D eigenvalue weighted by Crippen LogP contribution is 2.37. The SMILES string of the molecule is CCN/C=C(\C=N)C(O)C1=CC(F)NN1c1ccc(F)cc1C(C)Oc1cc(Br)cnc1N=O. The Balaban J connectivity index is 1.99. The summed E-state index contributed by atoms with van der Waals surface area (Å²) < 4.78 is 35.0. The summed E-state index contributed by atoms with van der Waals surface area (Å²) in [7, 11) is 0. The smallest absolute Gasteiger partial charge is 0.239 e. The van der Waals surface area contributed by atoms with Crippen LogP contribution in [0.3, 0.4) is 0 Å². The summed E-state index contributed by atoms with van der Waals surface area (Å²) in [6.45, 7) is 4.03. The van der Waals surface area contributed by atoms with Crippen molar-refractivity contribution in [2.75, 3.05) is 11.6 Å². The van der Waals surface area contributed by atoms with Crippen molar-refractivity contribution < 1.29 is 18.6 Å². The van der Waals surface area contributed by atoms with Crippen molar-refractivity contribution >= 4 is 33.6 Å². The van der Waals surface area contributed by atoms with Gasteiger partial charge < -0.3 is 20.6 Å². The third-order valence-corrected chi connectivity index (χ3v) is 5.35. The number of anilines is 1. The van der Waals surface area contributed by atoms with E-state index in [4.69, 9.17) is 10.1 Å². The molecule has 0 fully saturated rings. The van der Waals surface area contributed by atoms with Gasteiger partial charge in [0.2, 0.25) is 5.82 Å². The number of aromatic nitrogens is 1. The van der Waals surface area contributed by atoms with Gasteiger partial charge in [0.1, 0.15) is 18.0 Å². The van der Waals surface area contributed by atoms with E-state index in [1.165, 1.54) is 47.7 Å². The lowest BCUT2D eigenvalue weighted by Crippen LogP contribution is -2.39. The molecule has 180 valence electrons. The van der Waals surface area contributed by atoms with E-state index in [1.54, 1.807) is 6.92 Å². The molecule has 2 aromatic rings. The molecule has 0 saturated heterocycles. The van der Waals surface area contributed by atoms with Gasteiger partial charge in [-0.3, -0.25) is 5.01 Å². The Morgan fingerprint density at radius 2 is 2.26 bits per heavy atom. The van der Waals surface area contributed by atoms with Crippen LogP contribution in [0.25, 0.3) is 0 Å². The predicted octanol–water partition coefficient (Wildman–Crippen LogP) is 4.53. The number of ether oxygens (including phenoxy) is 1. The van der Waals surface area contributed by atoms with E-state index in [0.717, 1.165) is 6.21 Å². The molecule has 0 spiro atoms. The zero-order valence-electron chi connectivity index (χ0n) is 18.3. The van der Waals surface area contributed by atoms with Gasteiger partial charge in [0.15, 0.2) is 12.0 Å². The van der Waals surface area contributed by atoms with Crippen molar-refractivity contribution in [3.8, 4) is 5.75 Å². The van der Waals surface area contributed by atoms with Gasteiger partial charge in [0.05, 0.1) is 11.4 Å². The molecule has 1 aliphatic heterocycles. The maximum Gasteiger partial charge on any atom is 0.239 e. The van der Waals surface area contributed by atoms with Crippen molar-refractivity contribution in [3.05, 3.63) is 74.8 Å². The first-order valence-electron chi connectivity index (χ1n) is 10.3. The summed E-state index contributed by atoms with van der Waals surface area (Å²) in [5.41, 5.74) is 3.48. The monoisotopic (exact) mass is 536 g/mol. The van der Waals surface area contributed by atoms with Gasteiger partial charge in [-0.25, -0.2) is 13.8 Å². The summed E-state index contributed by atoms with van der Waals surface area (Å²) in [5, 5.41) is 25.5. The summed E-state index contributed by atoms with van der Waals surface area (Å²) in [6.07, 6.45) is 1.17. The number of aliphatic hydroxyl groups excluding tert-OH is 1. The van der Waals surface area contributed by atoms with Crippen LogP contribution in [0.1, 0.15) is 25.5 Å². The molecule has 4 N–H and O–H groups in total. The third kappa shape index (κ3) is 5.64. The van der Waals surface area contributed by atoms with E-state index in [9.17, 15) is 18.8 Å². The van der Waals surface area contributed by atoms with Crippen molar-refractivity contribution in [1.82, 2.24) is 15.7 Å². The Morgan fingerprint density at radius 3 is 2.94 bits per heavy atom. The van der Waals surface area contributed by atoms with Crippen LogP contribution in [0.15, 0.2) is 63.7 Å². The lowest BCUT2D eigenvalue weighted by Gasteiger charge is -2.29. The molecule has 0 aliphatic carbocycles. The maximum atomic E-state index is 14.4. The van der Waals surface area contributed by atoms with Crippen LogP contribution in [0.4, 0.5) is 20.3 Å². The standard InChI is InChI=1S/C22H23BrF2N6O3/c1-3-27-10-13(9-26)21(32)18-8-20(25)29-31(18)17-5-4-15(24)7-16(17)12(2)34-19-6-14(23)11-28-22(19)30-33/h4-12,20-21,26-27,29,32H,3H2,1-2H3/b13-10+,26-9?. The lowest BCUT2D eigenvalue weighted by molar-refractivity contribution is 0.225. The molecule has 0 saturated carbocycles. The number of pyridine rings is 1. The fourth-order valence-corrected chi connectivity index (χ4v) is 3.66. The molecule has 0 amide bonds. The van der Waals surface area contributed by atoms with Crippen LogP contribution in [0, 0.1) is 16.1 Å². The first kappa shape index (κ1) is 25.4. The number of benzene rings is 1. The van der Waals surface area contributed by atoms with Gasteiger partial charge in [-0.2, -0.15) is 5.43 Å². The highest BCUT2D eigenvalue weighted by molar-refractivity contribution is 9.10. The Morgan fingerprint density at radius 1 is 1.50 bits per heavy atom. The van der Waals surface area contributed by atoms with Crippen molar-refractivity contribution in [3.63, 3.8) is 0 Å². The molecular weight excluding hydrogens is 514 g/mol. The second-order valence-electron chi connectivity index (χ2n) is 7.24. The van der Waals surface area contributed by atoms with Gasteiger partial charge in [-0.1, -0.05) is 0 Å². The number of halogens is 3. The molecule has 3 rings (SSSR count). The average molecular weight is 537 g/mol. The number of hydrazine groups is 1. The molecule has 3 unspecified atom stereocenters. The summed E-state index contributed by atoms with van der Waals surface area (Å²) in [4.78, 5) is 15.0. The summed E-state index contributed by atoms with van der Waals surface area (Å²) in [5.74, 6) is -0.679. The highest BCUT2D eigenvalue weighted by atomic mass is 79.9. The molecule has 0 radical (unpaired) electrons. The molecule has 34 heavy (non-hydrogen) atoms. The number of nitrogens with one attached hydrogen (secondary N) is 3. The highest BCUT2D eigenvalue weighted by Gasteiger charge is 2.32. The lowest BCUT2D eigenvalue weighted by atomic mass is 10.0. The summed E-state index contributed by atoms with van der Waals surface area (Å²) in [6, 6.07) is 5.31. The normalized spacial score (nSPS) is 17.7. The van der Waals surface area contributed by atoms with Gasteiger partial charge in [-0.05, 0) is 65.3 Å². The van der Waals surface area contributed by atoms with E-state index in [-0.39, 0.29) is 22.8 Å². The van der Waals surface area contributed by atoms with E-state index < -0.39 is 24.3 Å². The first-order chi connectivity index (χ1) is 16.3. The van der Waals surface area contributed by atoms with E-state index in [1.807, 2.05) is 6.92 Å². The van der Waals surface area contributed by atoms with Crippen LogP contribution in [-0.4, -0.2) is 35.2 Å². The number of rotatable bonds is 10. The van der Waals surface area contributed by atoms with E-state index in [0.29, 0.717) is 22.3 Å². The minimum atomic E-state index is -1.63. The number of nitroso groups, excluding NO2 is 1. The molecule has 0 bridgehead atoms. The Labute approximate surface area is 203 Å². The quantitative estimate of drug-likeness (QED) is 0.200. The number of hydrogen-bond acceptors (Lipinski definition) is 9. The molecule has 12 heteroatoms. The molecule has 2 heterocycles. The molecule has 9 nitrogen and oxygen atoms in total. The minimum absolute atomic E-state index is 0.0697. The first-order valence-corrected chi connectivity index (χ1v) is 11.1. The van der Waals surface area contributed by atoms with Crippen LogP contribution >= 0.6 is 15.9 Å². The Kier molecular flexibility index (Phi) is 8.42. The van der Waals surface area contributed by atoms with Gasteiger partial charge in [0, 0.05) is 40.8 Å². The van der Waals surface area contributed by atoms with Crippen LogP contribution < -0.4 is 20.5 Å². The molecular formula is C22H23BrF2N6O3. The second-order valence-corrected chi connectivity index (χ2v) is 8.15. The number of aliphatic hydroxyl groups is 1. The fraction of sp³-hybridized carbons (Fsp3) is 0.273. The van der Waals surface area contributed by atoms with Crippen molar-refractivity contribution in [2.45, 2.75) is 32.4 Å². The second kappa shape index (κ2) is 11.3. The molecule has 1 aromatic carbocycles. The zero-order valence-corrected chi connectivity index (χ0v) is 19.9. The fourth-order valence-electron chi connectivity index (χ4n) is 3.35. The zero-order chi connectivity index (χ0) is 24.8. The predicted molar refractivity (Wildman–Crippen MR) is 128 cm³/mol. The number of hydrogen-bond donors (Lipinski definition) is 4. The number of nitrogens with zero attached hydrogens (tertiary/aromatic N) is 3. The Bertz CT molecular complexity index is 1130. The van der Waals surface area contributed by atoms with Gasteiger partial charge in [0.25, 0.3) is 0 Å². The van der Waals surface area contributed by atoms with Crippen molar-refractivity contribution in [2.24, 2.45) is 5.18 Å². The maximum absolute atomic E-state index is 14.4. The molecule has 1 aliphatic rings. The largest absolute Gasteiger partial charge is 0.482 e. The Hall–Kier alpha value is -3.22. The average Bonchev–Trinajstić information content (AvgIpc) is 3.20. The third-order valence-electron chi connectivity index (χ3n) is 4.92. The van der Waals surface area contributed by atoms with E-state index in [2.05, 4.69) is 36.8 Å². The van der Waals surface area contributed by atoms with Crippen molar-refractivity contribution in [1.29, 1.82) is 5.41 Å². The van der Waals surface area contributed by atoms with Gasteiger partial charge >= 0.3 is 0 Å². The molecule has 3 atom stereocenters. The van der Waals surface area contributed by atoms with Gasteiger partial charge in [-0.15, -0.1) is 4.91 Å². The number of alkyl halides is 1. The summed E-state index contributed by atoms with van der Waals surface area (Å²) >= 11 is 3.25. The van der Waals surface area contributed by atoms with Crippen LogP contribution in [0.5, 0.6) is 5.75 Å². The van der Waals surface area contributed by atoms with E-state index >= 15 is 0 Å². The topological polar surface area (TPSA) is 123 Å². The van der Waals surface area contributed by atoms with Crippen LogP contribution in [-0.2, 0) is 0 Å².